The maximum Gasteiger partial charge on any atom is 0.185 e. The van der Waals surface area contributed by atoms with Gasteiger partial charge in [0.05, 0.1) is 22.1 Å². The lowest BCUT2D eigenvalue weighted by atomic mass is 9.80. The lowest BCUT2D eigenvalue weighted by molar-refractivity contribution is -0.0908. The molecule has 1 aliphatic heterocycles. The Bertz CT molecular complexity index is 1170. The van der Waals surface area contributed by atoms with E-state index in [2.05, 4.69) is 23.8 Å². The molecule has 0 atom stereocenters. The van der Waals surface area contributed by atoms with Gasteiger partial charge in [-0.15, -0.1) is 6.42 Å². The Hall–Kier alpha value is -2.80. The highest BCUT2D eigenvalue weighted by atomic mass is 32.2. The Balaban J connectivity index is 1.39. The van der Waals surface area contributed by atoms with Crippen LogP contribution < -0.4 is 4.74 Å². The quantitative estimate of drug-likeness (QED) is 0.591. The average Bonchev–Trinajstić information content (AvgIpc) is 2.79. The summed E-state index contributed by atoms with van der Waals surface area (Å²) in [7, 11) is -3.59. The number of ether oxygens (including phenoxy) is 1. The van der Waals surface area contributed by atoms with Crippen molar-refractivity contribution >= 4 is 9.84 Å². The van der Waals surface area contributed by atoms with Crippen LogP contribution in [0, 0.1) is 30.6 Å². The average molecular weight is 463 g/mol. The summed E-state index contributed by atoms with van der Waals surface area (Å²) in [6.07, 6.45) is 7.98. The second-order valence-electron chi connectivity index (χ2n) is 9.69. The molecule has 0 radical (unpaired) electrons. The summed E-state index contributed by atoms with van der Waals surface area (Å²) in [4.78, 5) is 2.70. The van der Waals surface area contributed by atoms with Crippen molar-refractivity contribution in [1.29, 1.82) is 5.26 Å². The first kappa shape index (κ1) is 23.4. The molecule has 6 heteroatoms. The normalized spacial score (nSPS) is 24.8. The van der Waals surface area contributed by atoms with E-state index in [0.717, 1.165) is 42.8 Å². The van der Waals surface area contributed by atoms with E-state index in [9.17, 15) is 13.7 Å². The first-order chi connectivity index (χ1) is 15.7. The summed E-state index contributed by atoms with van der Waals surface area (Å²) >= 11 is 0. The summed E-state index contributed by atoms with van der Waals surface area (Å²) in [5, 5.41) is 9.46. The first-order valence-corrected chi connectivity index (χ1v) is 12.9. The number of aryl methyl sites for hydroxylation is 1. The summed E-state index contributed by atoms with van der Waals surface area (Å²) in [5.74, 6) is 3.41. The molecule has 0 unspecified atom stereocenters. The highest BCUT2D eigenvalue weighted by Crippen LogP contribution is 2.44. The standard InChI is InChI=1S/C27H30N2O3S/c1-4-22-7-9-24(10-8-22)32-26(3)19-29(20-26)23-13-15-27(16-14-23,17-18-28)33(30,31)25-11-5-21(2)6-12-25/h1,5-12,23H,13-17,19-20H2,2-3H3. The second-order valence-corrected chi connectivity index (χ2v) is 12.0. The molecule has 2 aromatic rings. The van der Waals surface area contributed by atoms with Gasteiger partial charge in [0, 0.05) is 24.7 Å². The van der Waals surface area contributed by atoms with E-state index >= 15 is 0 Å². The van der Waals surface area contributed by atoms with Crippen molar-refractivity contribution < 1.29 is 13.2 Å². The smallest absolute Gasteiger partial charge is 0.185 e. The van der Waals surface area contributed by atoms with Crippen LogP contribution in [0.4, 0.5) is 0 Å². The molecule has 1 saturated carbocycles. The van der Waals surface area contributed by atoms with Crippen LogP contribution in [0.15, 0.2) is 53.4 Å². The topological polar surface area (TPSA) is 70.4 Å². The molecule has 5 nitrogen and oxygen atoms in total. The SMILES string of the molecule is C#Cc1ccc(OC2(C)CN(C3CCC(CC#N)(S(=O)(=O)c4ccc(C)cc4)CC3)C2)cc1. The minimum absolute atomic E-state index is 0.0322. The largest absolute Gasteiger partial charge is 0.485 e. The van der Waals surface area contributed by atoms with E-state index in [1.165, 1.54) is 0 Å². The molecule has 2 fully saturated rings. The highest BCUT2D eigenvalue weighted by molar-refractivity contribution is 7.92. The van der Waals surface area contributed by atoms with Crippen LogP contribution >= 0.6 is 0 Å². The Labute approximate surface area is 197 Å². The molecule has 0 N–H and O–H groups in total. The maximum atomic E-state index is 13.5. The van der Waals surface area contributed by atoms with Crippen molar-refractivity contribution in [2.75, 3.05) is 13.1 Å². The monoisotopic (exact) mass is 462 g/mol. The van der Waals surface area contributed by atoms with Gasteiger partial charge in [-0.05, 0) is 75.9 Å². The summed E-state index contributed by atoms with van der Waals surface area (Å²) in [5.41, 5.74) is 1.57. The summed E-state index contributed by atoms with van der Waals surface area (Å²) in [6.45, 7) is 5.63. The van der Waals surface area contributed by atoms with Gasteiger partial charge in [0.15, 0.2) is 9.84 Å². The van der Waals surface area contributed by atoms with Gasteiger partial charge in [0.1, 0.15) is 11.4 Å². The Kier molecular flexibility index (Phi) is 6.27. The molecule has 0 bridgehead atoms. The van der Waals surface area contributed by atoms with E-state index in [1.54, 1.807) is 12.1 Å². The molecule has 0 aromatic heterocycles. The molecule has 0 spiro atoms. The van der Waals surface area contributed by atoms with Crippen LogP contribution in [0.3, 0.4) is 0 Å². The molecule has 0 amide bonds. The third-order valence-corrected chi connectivity index (χ3v) is 9.73. The molecule has 4 rings (SSSR count). The second kappa shape index (κ2) is 8.86. The number of hydrogen-bond donors (Lipinski definition) is 0. The van der Waals surface area contributed by atoms with Gasteiger partial charge in [0.2, 0.25) is 0 Å². The number of likely N-dealkylation sites (tertiary alicyclic amines) is 1. The van der Waals surface area contributed by atoms with E-state index in [1.807, 2.05) is 43.3 Å². The predicted molar refractivity (Wildman–Crippen MR) is 129 cm³/mol. The van der Waals surface area contributed by atoms with Crippen molar-refractivity contribution in [2.24, 2.45) is 0 Å². The first-order valence-electron chi connectivity index (χ1n) is 11.4. The Morgan fingerprint density at radius 3 is 2.24 bits per heavy atom. The van der Waals surface area contributed by atoms with Crippen molar-refractivity contribution in [3.63, 3.8) is 0 Å². The van der Waals surface area contributed by atoms with Gasteiger partial charge in [-0.1, -0.05) is 23.6 Å². The molecule has 2 aliphatic rings. The zero-order valence-electron chi connectivity index (χ0n) is 19.3. The molecule has 1 saturated heterocycles. The van der Waals surface area contributed by atoms with Crippen molar-refractivity contribution in [3.05, 3.63) is 59.7 Å². The fourth-order valence-electron chi connectivity index (χ4n) is 5.19. The number of nitriles is 1. The Morgan fingerprint density at radius 2 is 1.70 bits per heavy atom. The third-order valence-electron chi connectivity index (χ3n) is 7.15. The maximum absolute atomic E-state index is 13.5. The number of sulfone groups is 1. The number of nitrogens with zero attached hydrogens (tertiary/aromatic N) is 2. The number of hydrogen-bond acceptors (Lipinski definition) is 5. The molecular weight excluding hydrogens is 432 g/mol. The van der Waals surface area contributed by atoms with Gasteiger partial charge >= 0.3 is 0 Å². The van der Waals surface area contributed by atoms with Crippen LogP contribution in [0.25, 0.3) is 0 Å². The fourth-order valence-corrected chi connectivity index (χ4v) is 7.21. The summed E-state index contributed by atoms with van der Waals surface area (Å²) in [6, 6.07) is 17.0. The zero-order chi connectivity index (χ0) is 23.7. The van der Waals surface area contributed by atoms with Crippen LogP contribution in [0.5, 0.6) is 5.75 Å². The molecule has 2 aromatic carbocycles. The van der Waals surface area contributed by atoms with Crippen molar-refractivity contribution in [2.45, 2.75) is 67.2 Å². The Morgan fingerprint density at radius 1 is 1.09 bits per heavy atom. The molecular formula is C27H30N2O3S. The van der Waals surface area contributed by atoms with Crippen molar-refractivity contribution in [3.8, 4) is 24.2 Å². The zero-order valence-corrected chi connectivity index (χ0v) is 20.1. The van der Waals surface area contributed by atoms with Gasteiger partial charge in [-0.2, -0.15) is 5.26 Å². The van der Waals surface area contributed by atoms with Gasteiger partial charge in [-0.25, -0.2) is 8.42 Å². The predicted octanol–water partition coefficient (Wildman–Crippen LogP) is 4.50. The van der Waals surface area contributed by atoms with Crippen LogP contribution in [-0.2, 0) is 9.84 Å². The third kappa shape index (κ3) is 4.51. The molecule has 1 heterocycles. The number of benzene rings is 2. The van der Waals surface area contributed by atoms with Crippen molar-refractivity contribution in [1.82, 2.24) is 4.90 Å². The lowest BCUT2D eigenvalue weighted by Gasteiger charge is -2.53. The van der Waals surface area contributed by atoms with E-state index < -0.39 is 14.6 Å². The van der Waals surface area contributed by atoms with E-state index in [4.69, 9.17) is 11.2 Å². The van der Waals surface area contributed by atoms with Crippen LogP contribution in [-0.4, -0.2) is 42.8 Å². The highest BCUT2D eigenvalue weighted by Gasteiger charge is 2.50. The van der Waals surface area contributed by atoms with Crippen LogP contribution in [0.1, 0.15) is 50.2 Å². The number of terminal acetylenes is 1. The summed E-state index contributed by atoms with van der Waals surface area (Å²) < 4.78 is 32.3. The van der Waals surface area contributed by atoms with Gasteiger partial charge in [-0.3, -0.25) is 4.90 Å². The molecule has 1 aliphatic carbocycles. The van der Waals surface area contributed by atoms with Crippen LogP contribution in [0.2, 0.25) is 0 Å². The lowest BCUT2D eigenvalue weighted by Crippen LogP contribution is -2.66. The fraction of sp³-hybridized carbons (Fsp3) is 0.444. The molecule has 33 heavy (non-hydrogen) atoms. The minimum atomic E-state index is -3.59. The molecule has 172 valence electrons. The van der Waals surface area contributed by atoms with Gasteiger partial charge < -0.3 is 4.74 Å². The van der Waals surface area contributed by atoms with E-state index in [-0.39, 0.29) is 12.0 Å². The minimum Gasteiger partial charge on any atom is -0.485 e. The number of rotatable bonds is 6. The van der Waals surface area contributed by atoms with Gasteiger partial charge in [0.25, 0.3) is 0 Å². The van der Waals surface area contributed by atoms with E-state index in [0.29, 0.717) is 23.8 Å².